The first-order chi connectivity index (χ1) is 14.3. The Bertz CT molecular complexity index is 955. The molecule has 162 valence electrons. The number of rotatable bonds is 10. The van der Waals surface area contributed by atoms with E-state index in [-0.39, 0.29) is 22.5 Å². The standard InChI is InChI=1S/C21H27N3O4S2/c1-4-24(5-2)30(27,28)20-12-6-17(7-13-20)14-22-21(26)15-29-19-10-8-18(9-11-19)23-16(3)25/h6-13H,4-5,14-15H2,1-3H3,(H,22,26)(H,23,25). The van der Waals surface area contributed by atoms with Gasteiger partial charge in [0.05, 0.1) is 10.6 Å². The molecule has 2 rings (SSSR count). The fourth-order valence-electron chi connectivity index (χ4n) is 2.73. The highest BCUT2D eigenvalue weighted by Gasteiger charge is 2.21. The zero-order valence-corrected chi connectivity index (χ0v) is 19.0. The van der Waals surface area contributed by atoms with E-state index in [0.29, 0.717) is 25.3 Å². The second kappa shape index (κ2) is 11.1. The van der Waals surface area contributed by atoms with Gasteiger partial charge in [-0.15, -0.1) is 11.8 Å². The fraction of sp³-hybridized carbons (Fsp3) is 0.333. The molecule has 9 heteroatoms. The van der Waals surface area contributed by atoms with Gasteiger partial charge >= 0.3 is 0 Å². The van der Waals surface area contributed by atoms with Crippen molar-refractivity contribution < 1.29 is 18.0 Å². The zero-order chi connectivity index (χ0) is 22.1. The van der Waals surface area contributed by atoms with E-state index >= 15 is 0 Å². The minimum atomic E-state index is -3.48. The normalized spacial score (nSPS) is 11.3. The van der Waals surface area contributed by atoms with Gasteiger partial charge in [-0.05, 0) is 42.0 Å². The quantitative estimate of drug-likeness (QED) is 0.544. The lowest BCUT2D eigenvalue weighted by molar-refractivity contribution is -0.118. The lowest BCUT2D eigenvalue weighted by Gasteiger charge is -2.18. The Hall–Kier alpha value is -2.36. The maximum atomic E-state index is 12.5. The van der Waals surface area contributed by atoms with E-state index in [1.54, 1.807) is 50.2 Å². The van der Waals surface area contributed by atoms with Crippen LogP contribution >= 0.6 is 11.8 Å². The first-order valence-corrected chi connectivity index (χ1v) is 12.0. The van der Waals surface area contributed by atoms with E-state index < -0.39 is 10.0 Å². The molecule has 0 aliphatic carbocycles. The fourth-order valence-corrected chi connectivity index (χ4v) is 4.92. The van der Waals surface area contributed by atoms with Crippen LogP contribution in [0.1, 0.15) is 26.3 Å². The van der Waals surface area contributed by atoms with Crippen LogP contribution in [0, 0.1) is 0 Å². The summed E-state index contributed by atoms with van der Waals surface area (Å²) in [5, 5.41) is 5.53. The highest BCUT2D eigenvalue weighted by Crippen LogP contribution is 2.20. The average Bonchev–Trinajstić information content (AvgIpc) is 2.72. The molecule has 0 spiro atoms. The molecular formula is C21H27N3O4S2. The van der Waals surface area contributed by atoms with E-state index in [2.05, 4.69) is 10.6 Å². The lowest BCUT2D eigenvalue weighted by Crippen LogP contribution is -2.30. The maximum absolute atomic E-state index is 12.5. The van der Waals surface area contributed by atoms with E-state index in [0.717, 1.165) is 10.5 Å². The van der Waals surface area contributed by atoms with Crippen LogP contribution in [0.5, 0.6) is 0 Å². The van der Waals surface area contributed by atoms with Crippen molar-refractivity contribution >= 4 is 39.3 Å². The predicted octanol–water partition coefficient (Wildman–Crippen LogP) is 3.08. The number of sulfonamides is 1. The van der Waals surface area contributed by atoms with Crippen LogP contribution in [0.4, 0.5) is 5.69 Å². The maximum Gasteiger partial charge on any atom is 0.243 e. The highest BCUT2D eigenvalue weighted by molar-refractivity contribution is 8.00. The molecule has 0 saturated heterocycles. The van der Waals surface area contributed by atoms with Crippen molar-refractivity contribution in [2.45, 2.75) is 37.1 Å². The van der Waals surface area contributed by atoms with Crippen LogP contribution in [0.2, 0.25) is 0 Å². The van der Waals surface area contributed by atoms with Gasteiger partial charge in [-0.25, -0.2) is 8.42 Å². The number of carbonyl (C=O) groups is 2. The van der Waals surface area contributed by atoms with Crippen molar-refractivity contribution in [2.75, 3.05) is 24.2 Å². The molecular weight excluding hydrogens is 422 g/mol. The van der Waals surface area contributed by atoms with Crippen LogP contribution in [-0.4, -0.2) is 43.4 Å². The van der Waals surface area contributed by atoms with Gasteiger partial charge in [0.1, 0.15) is 0 Å². The molecule has 0 aromatic heterocycles. The number of nitrogens with one attached hydrogen (secondary N) is 2. The molecule has 0 radical (unpaired) electrons. The Morgan fingerprint density at radius 3 is 2.10 bits per heavy atom. The molecule has 2 aromatic rings. The molecule has 7 nitrogen and oxygen atoms in total. The van der Waals surface area contributed by atoms with Gasteiger partial charge < -0.3 is 10.6 Å². The number of thioether (sulfide) groups is 1. The van der Waals surface area contributed by atoms with Crippen LogP contribution in [0.3, 0.4) is 0 Å². The summed E-state index contributed by atoms with van der Waals surface area (Å²) in [6.07, 6.45) is 0. The molecule has 0 heterocycles. The molecule has 0 bridgehead atoms. The van der Waals surface area contributed by atoms with Crippen LogP contribution in [-0.2, 0) is 26.2 Å². The Balaban J connectivity index is 1.84. The van der Waals surface area contributed by atoms with Gasteiger partial charge in [-0.2, -0.15) is 4.31 Å². The molecule has 0 unspecified atom stereocenters. The topological polar surface area (TPSA) is 95.6 Å². The molecule has 2 amide bonds. The van der Waals surface area contributed by atoms with Gasteiger partial charge in [-0.1, -0.05) is 26.0 Å². The Morgan fingerprint density at radius 2 is 1.57 bits per heavy atom. The summed E-state index contributed by atoms with van der Waals surface area (Å²) < 4.78 is 26.4. The second-order valence-corrected chi connectivity index (χ2v) is 9.49. The summed E-state index contributed by atoms with van der Waals surface area (Å²) >= 11 is 1.40. The number of amides is 2. The smallest absolute Gasteiger partial charge is 0.243 e. The van der Waals surface area contributed by atoms with Crippen molar-refractivity contribution in [2.24, 2.45) is 0 Å². The molecule has 0 aliphatic heterocycles. The molecule has 0 saturated carbocycles. The van der Waals surface area contributed by atoms with Gasteiger partial charge in [0.15, 0.2) is 0 Å². The third-order valence-electron chi connectivity index (χ3n) is 4.30. The summed E-state index contributed by atoms with van der Waals surface area (Å²) in [6.45, 7) is 6.23. The van der Waals surface area contributed by atoms with E-state index in [9.17, 15) is 18.0 Å². The molecule has 0 aliphatic rings. The molecule has 0 fully saturated rings. The molecule has 2 aromatic carbocycles. The number of hydrogen-bond acceptors (Lipinski definition) is 5. The summed E-state index contributed by atoms with van der Waals surface area (Å²) in [7, 11) is -3.48. The Labute approximate surface area is 182 Å². The first-order valence-electron chi connectivity index (χ1n) is 9.62. The van der Waals surface area contributed by atoms with Gasteiger partial charge in [0, 0.05) is 37.1 Å². The number of carbonyl (C=O) groups excluding carboxylic acids is 2. The first kappa shape index (κ1) is 23.9. The van der Waals surface area contributed by atoms with E-state index in [1.807, 2.05) is 12.1 Å². The lowest BCUT2D eigenvalue weighted by atomic mass is 10.2. The number of anilines is 1. The van der Waals surface area contributed by atoms with Gasteiger partial charge in [-0.3, -0.25) is 9.59 Å². The number of hydrogen-bond donors (Lipinski definition) is 2. The van der Waals surface area contributed by atoms with Crippen molar-refractivity contribution in [3.8, 4) is 0 Å². The van der Waals surface area contributed by atoms with Crippen LogP contribution < -0.4 is 10.6 Å². The van der Waals surface area contributed by atoms with Crippen molar-refractivity contribution in [3.05, 3.63) is 54.1 Å². The Kier molecular flexibility index (Phi) is 8.88. The van der Waals surface area contributed by atoms with Gasteiger partial charge in [0.25, 0.3) is 0 Å². The molecule has 0 atom stereocenters. The largest absolute Gasteiger partial charge is 0.351 e. The predicted molar refractivity (Wildman–Crippen MR) is 120 cm³/mol. The SMILES string of the molecule is CCN(CC)S(=O)(=O)c1ccc(CNC(=O)CSc2ccc(NC(C)=O)cc2)cc1. The third kappa shape index (κ3) is 6.86. The third-order valence-corrected chi connectivity index (χ3v) is 7.38. The summed E-state index contributed by atoms with van der Waals surface area (Å²) in [5.41, 5.74) is 1.54. The summed E-state index contributed by atoms with van der Waals surface area (Å²) in [5.74, 6) is 0.00714. The summed E-state index contributed by atoms with van der Waals surface area (Å²) in [6, 6.07) is 13.8. The monoisotopic (exact) mass is 449 g/mol. The van der Waals surface area contributed by atoms with Crippen LogP contribution in [0.15, 0.2) is 58.3 Å². The minimum Gasteiger partial charge on any atom is -0.351 e. The highest BCUT2D eigenvalue weighted by atomic mass is 32.2. The van der Waals surface area contributed by atoms with Crippen molar-refractivity contribution in [3.63, 3.8) is 0 Å². The summed E-state index contributed by atoms with van der Waals surface area (Å²) in [4.78, 5) is 24.3. The Morgan fingerprint density at radius 1 is 0.967 bits per heavy atom. The zero-order valence-electron chi connectivity index (χ0n) is 17.3. The average molecular weight is 450 g/mol. The number of nitrogens with zero attached hydrogens (tertiary/aromatic N) is 1. The van der Waals surface area contributed by atoms with Gasteiger partial charge in [0.2, 0.25) is 21.8 Å². The second-order valence-electron chi connectivity index (χ2n) is 6.50. The minimum absolute atomic E-state index is 0.120. The molecule has 30 heavy (non-hydrogen) atoms. The van der Waals surface area contributed by atoms with Crippen LogP contribution in [0.25, 0.3) is 0 Å². The van der Waals surface area contributed by atoms with Crippen molar-refractivity contribution in [1.29, 1.82) is 0 Å². The molecule has 2 N–H and O–H groups in total. The van der Waals surface area contributed by atoms with E-state index in [1.165, 1.54) is 23.0 Å². The van der Waals surface area contributed by atoms with E-state index in [4.69, 9.17) is 0 Å². The number of benzene rings is 2. The van der Waals surface area contributed by atoms with Crippen molar-refractivity contribution in [1.82, 2.24) is 9.62 Å².